The average molecular weight is 651 g/mol. The Morgan fingerprint density at radius 1 is 1.00 bits per heavy atom. The second-order valence-electron chi connectivity index (χ2n) is 10.8. The largest absolute Gasteiger partial charge is 0.481 e. The van der Waals surface area contributed by atoms with E-state index in [9.17, 15) is 27.5 Å². The van der Waals surface area contributed by atoms with Crippen LogP contribution < -0.4 is 0 Å². The number of carboxylic acid groups (broad SMARTS) is 1. The van der Waals surface area contributed by atoms with Crippen molar-refractivity contribution in [1.82, 2.24) is 4.90 Å². The molecule has 1 saturated carbocycles. The van der Waals surface area contributed by atoms with Crippen LogP contribution in [0.5, 0.6) is 0 Å². The molecule has 1 aliphatic carbocycles. The molecular formula is C31H30F4INO2. The van der Waals surface area contributed by atoms with Crippen LogP contribution in [-0.4, -0.2) is 33.0 Å². The van der Waals surface area contributed by atoms with Gasteiger partial charge in [-0.1, -0.05) is 65.9 Å². The monoisotopic (exact) mass is 651 g/mol. The van der Waals surface area contributed by atoms with Gasteiger partial charge in [0.15, 0.2) is 0 Å². The van der Waals surface area contributed by atoms with Gasteiger partial charge in [0.2, 0.25) is 0 Å². The second-order valence-corrected chi connectivity index (χ2v) is 12.3. The number of hydrogen-bond donors (Lipinski definition) is 1. The zero-order chi connectivity index (χ0) is 27.9. The number of aliphatic carboxylic acids is 1. The first-order valence-electron chi connectivity index (χ1n) is 13.2. The molecule has 206 valence electrons. The molecule has 0 radical (unpaired) electrons. The van der Waals surface area contributed by atoms with Crippen molar-refractivity contribution in [2.75, 3.05) is 13.1 Å². The van der Waals surface area contributed by atoms with E-state index in [1.165, 1.54) is 24.3 Å². The zero-order valence-corrected chi connectivity index (χ0v) is 23.7. The second kappa shape index (κ2) is 10.8. The van der Waals surface area contributed by atoms with Crippen LogP contribution in [0, 0.1) is 11.7 Å². The Hall–Kier alpha value is -2.46. The summed E-state index contributed by atoms with van der Waals surface area (Å²) in [7, 11) is 0. The number of nitrogens with zero attached hydrogens (tertiary/aromatic N) is 1. The molecule has 3 atom stereocenters. The van der Waals surface area contributed by atoms with Gasteiger partial charge in [0.25, 0.3) is 0 Å². The van der Waals surface area contributed by atoms with Crippen molar-refractivity contribution in [3.63, 3.8) is 0 Å². The number of carboxylic acids is 1. The molecule has 0 bridgehead atoms. The molecule has 1 aliphatic heterocycles. The smallest absolute Gasteiger partial charge is 0.416 e. The Morgan fingerprint density at radius 3 is 2.15 bits per heavy atom. The number of likely N-dealkylation sites (tertiary alicyclic amines) is 1. The standard InChI is InChI=1S/C31H30F4INO2/c1-19-13-16-37(17-14-19)28(21-4-9-24(32)10-5-21)25-11-8-23(30(29(38)39)15-12-27(30)36)18-26(25)20-2-6-22(7-3-20)31(33,34)35/h2-11,18-19,27-28H,12-17H2,1H3,(H,38,39)/t27?,28?,30-/m1/s1. The summed E-state index contributed by atoms with van der Waals surface area (Å²) in [6.45, 7) is 3.87. The SMILES string of the molecule is CC1CCN(C(c2ccc(F)cc2)c2ccc([C@]3(C(=O)O)CCC3I)cc2-c2ccc(C(F)(F)F)cc2)CC1. The minimum absolute atomic E-state index is 0.0876. The Kier molecular flexibility index (Phi) is 7.81. The van der Waals surface area contributed by atoms with Crippen molar-refractivity contribution in [2.45, 2.75) is 54.2 Å². The van der Waals surface area contributed by atoms with Gasteiger partial charge in [0, 0.05) is 3.92 Å². The summed E-state index contributed by atoms with van der Waals surface area (Å²) in [5.41, 5.74) is 1.92. The fourth-order valence-corrected chi connectivity index (χ4v) is 7.16. The number of carbonyl (C=O) groups is 1. The van der Waals surface area contributed by atoms with Crippen LogP contribution in [0.3, 0.4) is 0 Å². The van der Waals surface area contributed by atoms with Crippen molar-refractivity contribution in [3.8, 4) is 11.1 Å². The molecule has 0 spiro atoms. The Balaban J connectivity index is 1.69. The van der Waals surface area contributed by atoms with E-state index in [0.29, 0.717) is 29.0 Å². The predicted octanol–water partition coefficient (Wildman–Crippen LogP) is 8.25. The zero-order valence-electron chi connectivity index (χ0n) is 21.5. The van der Waals surface area contributed by atoms with Crippen LogP contribution in [0.2, 0.25) is 0 Å². The lowest BCUT2D eigenvalue weighted by Gasteiger charge is -2.44. The van der Waals surface area contributed by atoms with Gasteiger partial charge in [-0.2, -0.15) is 13.2 Å². The van der Waals surface area contributed by atoms with E-state index in [-0.39, 0.29) is 15.8 Å². The average Bonchev–Trinajstić information content (AvgIpc) is 2.90. The third-order valence-electron chi connectivity index (χ3n) is 8.46. The maximum absolute atomic E-state index is 13.9. The highest BCUT2D eigenvalue weighted by atomic mass is 127. The molecule has 3 nitrogen and oxygen atoms in total. The van der Waals surface area contributed by atoms with Gasteiger partial charge in [-0.25, -0.2) is 4.39 Å². The molecule has 2 fully saturated rings. The van der Waals surface area contributed by atoms with E-state index in [2.05, 4.69) is 34.4 Å². The molecule has 0 aromatic heterocycles. The third-order valence-corrected chi connectivity index (χ3v) is 10.1. The maximum atomic E-state index is 13.9. The minimum atomic E-state index is -4.46. The lowest BCUT2D eigenvalue weighted by atomic mass is 9.64. The fourth-order valence-electron chi connectivity index (χ4n) is 5.91. The molecule has 1 N–H and O–H groups in total. The Bertz CT molecular complexity index is 1330. The summed E-state index contributed by atoms with van der Waals surface area (Å²) >= 11 is 2.19. The molecule has 8 heteroatoms. The van der Waals surface area contributed by atoms with E-state index >= 15 is 0 Å². The lowest BCUT2D eigenvalue weighted by Crippen LogP contribution is -2.51. The molecular weight excluding hydrogens is 621 g/mol. The molecule has 1 saturated heterocycles. The molecule has 39 heavy (non-hydrogen) atoms. The van der Waals surface area contributed by atoms with E-state index in [0.717, 1.165) is 55.6 Å². The van der Waals surface area contributed by atoms with Crippen LogP contribution in [-0.2, 0) is 16.4 Å². The van der Waals surface area contributed by atoms with Gasteiger partial charge in [0.05, 0.1) is 11.6 Å². The van der Waals surface area contributed by atoms with Crippen LogP contribution in [0.1, 0.15) is 60.9 Å². The van der Waals surface area contributed by atoms with Crippen LogP contribution in [0.25, 0.3) is 11.1 Å². The molecule has 3 aromatic rings. The van der Waals surface area contributed by atoms with Crippen LogP contribution in [0.4, 0.5) is 17.6 Å². The van der Waals surface area contributed by atoms with E-state index in [1.807, 2.05) is 18.2 Å². The summed E-state index contributed by atoms with van der Waals surface area (Å²) in [5.74, 6) is -0.648. The van der Waals surface area contributed by atoms with Crippen LogP contribution in [0.15, 0.2) is 66.7 Å². The van der Waals surface area contributed by atoms with Gasteiger partial charge < -0.3 is 5.11 Å². The topological polar surface area (TPSA) is 40.5 Å². The van der Waals surface area contributed by atoms with E-state index in [4.69, 9.17) is 0 Å². The first-order chi connectivity index (χ1) is 18.5. The van der Waals surface area contributed by atoms with Crippen molar-refractivity contribution in [2.24, 2.45) is 5.92 Å². The molecule has 5 rings (SSSR count). The van der Waals surface area contributed by atoms with Crippen molar-refractivity contribution < 1.29 is 27.5 Å². The number of alkyl halides is 4. The summed E-state index contributed by atoms with van der Waals surface area (Å²) < 4.78 is 53.9. The molecule has 0 amide bonds. The highest BCUT2D eigenvalue weighted by Gasteiger charge is 2.53. The van der Waals surface area contributed by atoms with E-state index < -0.39 is 23.1 Å². The van der Waals surface area contributed by atoms with Gasteiger partial charge in [-0.15, -0.1) is 0 Å². The normalized spacial score (nSPS) is 23.3. The maximum Gasteiger partial charge on any atom is 0.416 e. The highest BCUT2D eigenvalue weighted by Crippen LogP contribution is 2.50. The van der Waals surface area contributed by atoms with E-state index in [1.54, 1.807) is 12.1 Å². The summed E-state index contributed by atoms with van der Waals surface area (Å²) in [6.07, 6.45) is -1.16. The quantitative estimate of drug-likeness (QED) is 0.166. The predicted molar refractivity (Wildman–Crippen MR) is 151 cm³/mol. The fraction of sp³-hybridized carbons (Fsp3) is 0.387. The summed E-state index contributed by atoms with van der Waals surface area (Å²) in [5, 5.41) is 10.2. The van der Waals surface area contributed by atoms with Gasteiger partial charge in [-0.3, -0.25) is 9.69 Å². The molecule has 3 aromatic carbocycles. The van der Waals surface area contributed by atoms with Gasteiger partial charge in [0.1, 0.15) is 11.2 Å². The Labute approximate surface area is 239 Å². The number of hydrogen-bond acceptors (Lipinski definition) is 2. The summed E-state index contributed by atoms with van der Waals surface area (Å²) in [6, 6.07) is 16.8. The third kappa shape index (κ3) is 5.34. The molecule has 1 heterocycles. The lowest BCUT2D eigenvalue weighted by molar-refractivity contribution is -0.146. The van der Waals surface area contributed by atoms with Gasteiger partial charge in [-0.05, 0) is 103 Å². The number of benzene rings is 3. The number of rotatable bonds is 6. The number of piperidine rings is 1. The van der Waals surface area contributed by atoms with Gasteiger partial charge >= 0.3 is 12.1 Å². The van der Waals surface area contributed by atoms with Crippen molar-refractivity contribution in [1.29, 1.82) is 0 Å². The number of halogens is 5. The van der Waals surface area contributed by atoms with Crippen molar-refractivity contribution >= 4 is 28.6 Å². The summed E-state index contributed by atoms with van der Waals surface area (Å²) in [4.78, 5) is 14.8. The first kappa shape index (κ1) is 28.1. The van der Waals surface area contributed by atoms with Crippen LogP contribution >= 0.6 is 22.6 Å². The molecule has 2 aliphatic rings. The highest BCUT2D eigenvalue weighted by molar-refractivity contribution is 14.1. The Morgan fingerprint density at radius 2 is 1.64 bits per heavy atom. The minimum Gasteiger partial charge on any atom is -0.481 e. The van der Waals surface area contributed by atoms with Crippen molar-refractivity contribution in [3.05, 3.63) is 94.8 Å². The first-order valence-corrected chi connectivity index (χ1v) is 14.4. The molecule has 2 unspecified atom stereocenters.